The Kier molecular flexibility index (Phi) is 7.36. The molecule has 11 heteroatoms. The molecule has 1 saturated heterocycles. The number of hydrogen-bond acceptors (Lipinski definition) is 7. The van der Waals surface area contributed by atoms with Crippen LogP contribution in [0.3, 0.4) is 0 Å². The highest BCUT2D eigenvalue weighted by molar-refractivity contribution is 7.07. The lowest BCUT2D eigenvalue weighted by Gasteiger charge is -2.33. The standard InChI is InChI=1S/C27H29ClN6O3S/c1-27(2,3)37-26(36)33-8-4-5-18(12-33)25(35)32-24-10-20(21(28)11-29-24)17-6-7-23-22(9-17)30-15-34(23)13-19-14-38-16-31-19/h6-7,9-11,14-16,18H,4-5,8,12-13H2,1-3H3,(H,29,32,35)/t18-/m1/s1. The van der Waals surface area contributed by atoms with Crippen molar-refractivity contribution in [3.63, 3.8) is 0 Å². The summed E-state index contributed by atoms with van der Waals surface area (Å²) in [5.74, 6) is -0.136. The van der Waals surface area contributed by atoms with E-state index in [1.807, 2.05) is 49.9 Å². The fourth-order valence-electron chi connectivity index (χ4n) is 4.49. The van der Waals surface area contributed by atoms with Crippen LogP contribution in [0.4, 0.5) is 10.6 Å². The van der Waals surface area contributed by atoms with Crippen LogP contribution in [0.5, 0.6) is 0 Å². The predicted molar refractivity (Wildman–Crippen MR) is 148 cm³/mol. The van der Waals surface area contributed by atoms with E-state index in [4.69, 9.17) is 16.3 Å². The first-order valence-electron chi connectivity index (χ1n) is 12.4. The number of fused-ring (bicyclic) bond motifs is 1. The third kappa shape index (κ3) is 5.97. The predicted octanol–water partition coefficient (Wildman–Crippen LogP) is 5.84. The van der Waals surface area contributed by atoms with Crippen molar-refractivity contribution in [1.29, 1.82) is 0 Å². The normalized spacial score (nSPS) is 16.0. The lowest BCUT2D eigenvalue weighted by atomic mass is 9.97. The largest absolute Gasteiger partial charge is 0.444 e. The lowest BCUT2D eigenvalue weighted by molar-refractivity contribution is -0.121. The Hall–Kier alpha value is -3.50. The molecule has 198 valence electrons. The van der Waals surface area contributed by atoms with Crippen molar-refractivity contribution in [3.05, 3.63) is 58.4 Å². The van der Waals surface area contributed by atoms with Gasteiger partial charge in [-0.15, -0.1) is 11.3 Å². The molecule has 0 saturated carbocycles. The first-order valence-corrected chi connectivity index (χ1v) is 13.7. The summed E-state index contributed by atoms with van der Waals surface area (Å²) in [5.41, 5.74) is 5.66. The van der Waals surface area contributed by atoms with E-state index in [1.165, 1.54) is 6.20 Å². The average Bonchev–Trinajstić information content (AvgIpc) is 3.54. The number of piperidine rings is 1. The zero-order valence-electron chi connectivity index (χ0n) is 21.5. The molecule has 4 aromatic rings. The minimum absolute atomic E-state index is 0.185. The van der Waals surface area contributed by atoms with Crippen molar-refractivity contribution in [2.75, 3.05) is 18.4 Å². The molecule has 1 atom stereocenters. The zero-order valence-corrected chi connectivity index (χ0v) is 23.1. The van der Waals surface area contributed by atoms with Crippen molar-refractivity contribution in [1.82, 2.24) is 24.4 Å². The molecule has 5 rings (SSSR count). The number of nitrogens with zero attached hydrogens (tertiary/aromatic N) is 5. The highest BCUT2D eigenvalue weighted by Gasteiger charge is 2.31. The maximum absolute atomic E-state index is 13.1. The van der Waals surface area contributed by atoms with Crippen LogP contribution >= 0.6 is 22.9 Å². The Bertz CT molecular complexity index is 1460. The second-order valence-corrected chi connectivity index (χ2v) is 11.5. The van der Waals surface area contributed by atoms with Gasteiger partial charge < -0.3 is 19.5 Å². The van der Waals surface area contributed by atoms with Crippen LogP contribution in [0, 0.1) is 5.92 Å². The molecule has 1 fully saturated rings. The number of anilines is 1. The number of pyridine rings is 1. The number of likely N-dealkylation sites (tertiary alicyclic amines) is 1. The first kappa shape index (κ1) is 26.1. The lowest BCUT2D eigenvalue weighted by Crippen LogP contribution is -2.45. The van der Waals surface area contributed by atoms with Gasteiger partial charge in [-0.3, -0.25) is 4.79 Å². The summed E-state index contributed by atoms with van der Waals surface area (Å²) in [7, 11) is 0. The fraction of sp³-hybridized carbons (Fsp3) is 0.370. The van der Waals surface area contributed by atoms with Crippen LogP contribution in [0.2, 0.25) is 5.02 Å². The third-order valence-corrected chi connectivity index (χ3v) is 7.23. The van der Waals surface area contributed by atoms with E-state index in [0.717, 1.165) is 34.3 Å². The fourth-order valence-corrected chi connectivity index (χ4v) is 5.25. The van der Waals surface area contributed by atoms with E-state index in [-0.39, 0.29) is 11.8 Å². The SMILES string of the molecule is CC(C)(C)OC(=O)N1CCC[C@@H](C(=O)Nc2cc(-c3ccc4c(c3)ncn4Cc3cscn3)c(Cl)cn2)C1. The Morgan fingerprint density at radius 3 is 2.82 bits per heavy atom. The number of carbonyl (C=O) groups is 2. The summed E-state index contributed by atoms with van der Waals surface area (Å²) in [4.78, 5) is 40.4. The van der Waals surface area contributed by atoms with E-state index in [9.17, 15) is 9.59 Å². The van der Waals surface area contributed by atoms with Crippen LogP contribution in [0.25, 0.3) is 22.2 Å². The van der Waals surface area contributed by atoms with Gasteiger partial charge in [0.05, 0.1) is 46.1 Å². The molecule has 1 N–H and O–H groups in total. The number of nitrogens with one attached hydrogen (secondary N) is 1. The third-order valence-electron chi connectivity index (χ3n) is 6.30. The number of hydrogen-bond donors (Lipinski definition) is 1. The van der Waals surface area contributed by atoms with Gasteiger partial charge in [0.1, 0.15) is 11.4 Å². The van der Waals surface area contributed by atoms with Crippen LogP contribution in [-0.4, -0.2) is 55.1 Å². The summed E-state index contributed by atoms with van der Waals surface area (Å²) >= 11 is 8.08. The molecule has 2 amide bonds. The molecule has 1 aromatic carbocycles. The number of rotatable bonds is 5. The van der Waals surface area contributed by atoms with Crippen LogP contribution < -0.4 is 5.32 Å². The van der Waals surface area contributed by atoms with Crippen LogP contribution in [-0.2, 0) is 16.1 Å². The molecule has 1 aliphatic rings. The smallest absolute Gasteiger partial charge is 0.410 e. The van der Waals surface area contributed by atoms with Gasteiger partial charge in [0.15, 0.2) is 0 Å². The van der Waals surface area contributed by atoms with Crippen molar-refractivity contribution >= 4 is 51.8 Å². The number of benzene rings is 1. The second kappa shape index (κ2) is 10.7. The van der Waals surface area contributed by atoms with Gasteiger partial charge in [0.25, 0.3) is 0 Å². The van der Waals surface area contributed by atoms with Gasteiger partial charge in [0, 0.05) is 30.2 Å². The number of carbonyl (C=O) groups excluding carboxylic acids is 2. The van der Waals surface area contributed by atoms with Gasteiger partial charge in [-0.05, 0) is 57.4 Å². The van der Waals surface area contributed by atoms with Crippen LogP contribution in [0.15, 0.2) is 47.7 Å². The van der Waals surface area contributed by atoms with Gasteiger partial charge in [-0.25, -0.2) is 19.7 Å². The maximum atomic E-state index is 13.1. The Balaban J connectivity index is 1.30. The van der Waals surface area contributed by atoms with E-state index in [0.29, 0.717) is 36.9 Å². The van der Waals surface area contributed by atoms with E-state index in [2.05, 4.69) is 24.8 Å². The highest BCUT2D eigenvalue weighted by atomic mass is 35.5. The molecule has 0 spiro atoms. The number of ether oxygens (including phenoxy) is 1. The Labute approximate surface area is 229 Å². The highest BCUT2D eigenvalue weighted by Crippen LogP contribution is 2.32. The molecule has 3 aromatic heterocycles. The summed E-state index contributed by atoms with van der Waals surface area (Å²) in [6.07, 6.45) is 4.35. The van der Waals surface area contributed by atoms with Crippen molar-refractivity contribution < 1.29 is 14.3 Å². The molecule has 0 bridgehead atoms. The monoisotopic (exact) mass is 552 g/mol. The molecule has 38 heavy (non-hydrogen) atoms. The van der Waals surface area contributed by atoms with Crippen LogP contribution in [0.1, 0.15) is 39.3 Å². The number of aromatic nitrogens is 4. The Morgan fingerprint density at radius 1 is 1.21 bits per heavy atom. The molecular formula is C27H29ClN6O3S. The van der Waals surface area contributed by atoms with E-state index in [1.54, 1.807) is 28.6 Å². The average molecular weight is 553 g/mol. The molecular weight excluding hydrogens is 524 g/mol. The second-order valence-electron chi connectivity index (χ2n) is 10.4. The van der Waals surface area contributed by atoms with Crippen molar-refractivity contribution in [3.8, 4) is 11.1 Å². The van der Waals surface area contributed by atoms with E-state index >= 15 is 0 Å². The number of thiazole rings is 1. The van der Waals surface area contributed by atoms with Gasteiger partial charge in [0.2, 0.25) is 5.91 Å². The van der Waals surface area contributed by atoms with E-state index < -0.39 is 11.7 Å². The topological polar surface area (TPSA) is 102 Å². The molecule has 1 aliphatic heterocycles. The van der Waals surface area contributed by atoms with Crippen molar-refractivity contribution in [2.45, 2.75) is 45.8 Å². The zero-order chi connectivity index (χ0) is 26.9. The quantitative estimate of drug-likeness (QED) is 0.333. The molecule has 0 aliphatic carbocycles. The van der Waals surface area contributed by atoms with Gasteiger partial charge in [-0.2, -0.15) is 0 Å². The Morgan fingerprint density at radius 2 is 2.05 bits per heavy atom. The molecule has 0 unspecified atom stereocenters. The molecule has 9 nitrogen and oxygen atoms in total. The molecule has 0 radical (unpaired) electrons. The summed E-state index contributed by atoms with van der Waals surface area (Å²) < 4.78 is 7.53. The molecule has 4 heterocycles. The number of halogens is 1. The van der Waals surface area contributed by atoms with Crippen molar-refractivity contribution in [2.24, 2.45) is 5.92 Å². The summed E-state index contributed by atoms with van der Waals surface area (Å²) in [6.45, 7) is 7.02. The first-order chi connectivity index (χ1) is 18.2. The number of imidazole rings is 1. The minimum Gasteiger partial charge on any atom is -0.444 e. The summed E-state index contributed by atoms with van der Waals surface area (Å²) in [6, 6.07) is 7.72. The minimum atomic E-state index is -0.585. The number of amides is 2. The van der Waals surface area contributed by atoms with Gasteiger partial charge >= 0.3 is 6.09 Å². The maximum Gasteiger partial charge on any atom is 0.410 e. The van der Waals surface area contributed by atoms with Gasteiger partial charge in [-0.1, -0.05) is 17.7 Å². The summed E-state index contributed by atoms with van der Waals surface area (Å²) in [5, 5.41) is 5.40.